The SMILES string of the molecule is CC(=O)Nc1ccc(OCCOC(=O)C2=C(C)NC(C)=C(C(=O)OCCNC(=O)c3ccccc3O)[C@@H]2c2cccc([N+](=O)[O-])c2)cc1. The highest BCUT2D eigenvalue weighted by molar-refractivity contribution is 6.00. The fraction of sp³-hybridized carbons (Fsp3) is 0.235. The minimum Gasteiger partial charge on any atom is -0.507 e. The second-order valence-corrected chi connectivity index (χ2v) is 10.6. The summed E-state index contributed by atoms with van der Waals surface area (Å²) in [5, 5.41) is 29.7. The van der Waals surface area contributed by atoms with Gasteiger partial charge in [0.25, 0.3) is 11.6 Å². The second kappa shape index (κ2) is 15.9. The number of anilines is 1. The van der Waals surface area contributed by atoms with E-state index in [1.807, 2.05) is 0 Å². The Morgan fingerprint density at radius 3 is 2.15 bits per heavy atom. The first kappa shape index (κ1) is 34.7. The van der Waals surface area contributed by atoms with Gasteiger partial charge in [-0.3, -0.25) is 19.7 Å². The number of aromatic hydroxyl groups is 1. The molecule has 1 aliphatic heterocycles. The quantitative estimate of drug-likeness (QED) is 0.0894. The number of phenolic OH excluding ortho intramolecular Hbond substituents is 1. The van der Waals surface area contributed by atoms with E-state index in [0.29, 0.717) is 22.8 Å². The number of esters is 2. The van der Waals surface area contributed by atoms with E-state index >= 15 is 0 Å². The van der Waals surface area contributed by atoms with E-state index in [1.165, 1.54) is 37.3 Å². The van der Waals surface area contributed by atoms with Gasteiger partial charge in [-0.15, -0.1) is 0 Å². The van der Waals surface area contributed by atoms with E-state index in [1.54, 1.807) is 56.3 Å². The highest BCUT2D eigenvalue weighted by Crippen LogP contribution is 2.40. The fourth-order valence-electron chi connectivity index (χ4n) is 5.04. The van der Waals surface area contributed by atoms with Gasteiger partial charge >= 0.3 is 11.9 Å². The number of carbonyl (C=O) groups excluding carboxylic acids is 4. The van der Waals surface area contributed by atoms with E-state index in [0.717, 1.165) is 0 Å². The monoisotopic (exact) mass is 658 g/mol. The van der Waals surface area contributed by atoms with Gasteiger partial charge < -0.3 is 35.3 Å². The maximum Gasteiger partial charge on any atom is 0.336 e. The predicted molar refractivity (Wildman–Crippen MR) is 173 cm³/mol. The standard InChI is InChI=1S/C34H34N4O10/c1-20-29(33(42)47-16-15-35-32(41)27-9-4-5-10-28(27)40)31(23-7-6-8-25(19-23)38(44)45)30(21(2)36-20)34(43)48-18-17-46-26-13-11-24(12-14-26)37-22(3)39/h4-14,19,31,36,40H,15-18H2,1-3H3,(H,35,41)(H,37,39)/t31-/m0/s1. The van der Waals surface area contributed by atoms with Crippen molar-refractivity contribution in [3.8, 4) is 11.5 Å². The number of nitro benzene ring substituents is 1. The van der Waals surface area contributed by atoms with Crippen LogP contribution in [-0.4, -0.2) is 60.1 Å². The van der Waals surface area contributed by atoms with Gasteiger partial charge in [0.15, 0.2) is 0 Å². The number of carbonyl (C=O) groups is 4. The fourth-order valence-corrected chi connectivity index (χ4v) is 5.04. The van der Waals surface area contributed by atoms with Crippen molar-refractivity contribution in [3.63, 3.8) is 0 Å². The van der Waals surface area contributed by atoms with E-state index in [2.05, 4.69) is 16.0 Å². The van der Waals surface area contributed by atoms with Crippen LogP contribution in [0.15, 0.2) is 95.3 Å². The Hall–Kier alpha value is -6.18. The minimum atomic E-state index is -1.09. The minimum absolute atomic E-state index is 0.0112. The summed E-state index contributed by atoms with van der Waals surface area (Å²) in [7, 11) is 0. The summed E-state index contributed by atoms with van der Waals surface area (Å²) in [5.41, 5.74) is 1.48. The number of nitrogens with one attached hydrogen (secondary N) is 3. The molecule has 4 rings (SSSR count). The van der Waals surface area contributed by atoms with Crippen LogP contribution in [0, 0.1) is 10.1 Å². The van der Waals surface area contributed by atoms with Crippen LogP contribution in [0.5, 0.6) is 11.5 Å². The molecule has 0 bridgehead atoms. The van der Waals surface area contributed by atoms with Crippen molar-refractivity contribution in [3.05, 3.63) is 117 Å². The zero-order chi connectivity index (χ0) is 34.8. The van der Waals surface area contributed by atoms with Gasteiger partial charge in [-0.2, -0.15) is 0 Å². The van der Waals surface area contributed by atoms with Gasteiger partial charge in [0.2, 0.25) is 5.91 Å². The molecule has 0 aromatic heterocycles. The van der Waals surface area contributed by atoms with Gasteiger partial charge in [0, 0.05) is 36.1 Å². The molecule has 0 unspecified atom stereocenters. The number of non-ortho nitro benzene ring substituents is 1. The maximum absolute atomic E-state index is 13.5. The summed E-state index contributed by atoms with van der Waals surface area (Å²) in [4.78, 5) is 61.7. The molecule has 250 valence electrons. The number of amides is 2. The summed E-state index contributed by atoms with van der Waals surface area (Å²) in [6, 6.07) is 18.2. The predicted octanol–water partition coefficient (Wildman–Crippen LogP) is 4.09. The molecule has 1 aliphatic rings. The van der Waals surface area contributed by atoms with Crippen LogP contribution in [0.2, 0.25) is 0 Å². The molecular weight excluding hydrogens is 624 g/mol. The summed E-state index contributed by atoms with van der Waals surface area (Å²) < 4.78 is 16.6. The van der Waals surface area contributed by atoms with Crippen LogP contribution in [0.3, 0.4) is 0 Å². The number of ether oxygens (including phenoxy) is 3. The van der Waals surface area contributed by atoms with Crippen molar-refractivity contribution < 1.29 is 43.4 Å². The topological polar surface area (TPSA) is 195 Å². The first-order chi connectivity index (χ1) is 23.0. The number of allylic oxidation sites excluding steroid dienone is 2. The smallest absolute Gasteiger partial charge is 0.336 e. The molecule has 0 spiro atoms. The van der Waals surface area contributed by atoms with Gasteiger partial charge in [-0.05, 0) is 55.8 Å². The second-order valence-electron chi connectivity index (χ2n) is 10.6. The number of nitrogens with zero attached hydrogens (tertiary/aromatic N) is 1. The molecule has 0 aliphatic carbocycles. The average molecular weight is 659 g/mol. The van der Waals surface area contributed by atoms with Crippen LogP contribution < -0.4 is 20.7 Å². The zero-order valence-corrected chi connectivity index (χ0v) is 26.4. The zero-order valence-electron chi connectivity index (χ0n) is 26.4. The first-order valence-corrected chi connectivity index (χ1v) is 14.8. The van der Waals surface area contributed by atoms with Crippen LogP contribution >= 0.6 is 0 Å². The molecule has 3 aromatic carbocycles. The maximum atomic E-state index is 13.5. The Labute approximate surface area is 275 Å². The third-order valence-electron chi connectivity index (χ3n) is 7.14. The van der Waals surface area contributed by atoms with Crippen molar-refractivity contribution in [2.45, 2.75) is 26.7 Å². The Kier molecular flexibility index (Phi) is 11.5. The van der Waals surface area contributed by atoms with E-state index < -0.39 is 28.7 Å². The lowest BCUT2D eigenvalue weighted by Crippen LogP contribution is -2.34. The molecule has 14 heteroatoms. The molecule has 0 radical (unpaired) electrons. The molecule has 1 atom stereocenters. The van der Waals surface area contributed by atoms with Gasteiger partial charge in [-0.1, -0.05) is 24.3 Å². The van der Waals surface area contributed by atoms with Crippen molar-refractivity contribution in [2.24, 2.45) is 0 Å². The number of hydrogen-bond acceptors (Lipinski definition) is 11. The molecule has 2 amide bonds. The van der Waals surface area contributed by atoms with Crippen LogP contribution in [0.25, 0.3) is 0 Å². The molecule has 0 fully saturated rings. The lowest BCUT2D eigenvalue weighted by Gasteiger charge is -2.30. The first-order valence-electron chi connectivity index (χ1n) is 14.8. The molecule has 1 heterocycles. The lowest BCUT2D eigenvalue weighted by atomic mass is 9.80. The van der Waals surface area contributed by atoms with Crippen molar-refractivity contribution in [2.75, 3.05) is 31.7 Å². The molecule has 48 heavy (non-hydrogen) atoms. The van der Waals surface area contributed by atoms with E-state index in [-0.39, 0.29) is 66.0 Å². The Balaban J connectivity index is 1.48. The number of benzene rings is 3. The summed E-state index contributed by atoms with van der Waals surface area (Å²) in [5.74, 6) is -3.20. The largest absolute Gasteiger partial charge is 0.507 e. The molecule has 3 aromatic rings. The average Bonchev–Trinajstić information content (AvgIpc) is 3.05. The number of phenols is 1. The Bertz CT molecular complexity index is 1780. The number of hydrogen-bond donors (Lipinski definition) is 4. The van der Waals surface area contributed by atoms with Crippen LogP contribution in [-0.2, 0) is 23.9 Å². The summed E-state index contributed by atoms with van der Waals surface area (Å²) >= 11 is 0. The van der Waals surface area contributed by atoms with Gasteiger partial charge in [0.05, 0.1) is 34.1 Å². The number of rotatable bonds is 13. The Morgan fingerprint density at radius 1 is 0.875 bits per heavy atom. The Morgan fingerprint density at radius 2 is 1.52 bits per heavy atom. The van der Waals surface area contributed by atoms with Crippen molar-refractivity contribution in [1.82, 2.24) is 10.6 Å². The van der Waals surface area contributed by atoms with Crippen LogP contribution in [0.1, 0.15) is 42.6 Å². The molecule has 0 saturated carbocycles. The number of dihydropyridines is 1. The van der Waals surface area contributed by atoms with E-state index in [4.69, 9.17) is 14.2 Å². The number of para-hydroxylation sites is 1. The number of nitro groups is 1. The normalized spacial score (nSPS) is 14.0. The van der Waals surface area contributed by atoms with Crippen molar-refractivity contribution in [1.29, 1.82) is 0 Å². The summed E-state index contributed by atoms with van der Waals surface area (Å²) in [6.07, 6.45) is 0. The third kappa shape index (κ3) is 8.75. The third-order valence-corrected chi connectivity index (χ3v) is 7.14. The molecular formula is C34H34N4O10. The van der Waals surface area contributed by atoms with Gasteiger partial charge in [-0.25, -0.2) is 9.59 Å². The molecule has 4 N–H and O–H groups in total. The lowest BCUT2D eigenvalue weighted by molar-refractivity contribution is -0.384. The van der Waals surface area contributed by atoms with Crippen LogP contribution in [0.4, 0.5) is 11.4 Å². The highest BCUT2D eigenvalue weighted by Gasteiger charge is 2.38. The van der Waals surface area contributed by atoms with Gasteiger partial charge in [0.1, 0.15) is 31.3 Å². The molecule has 14 nitrogen and oxygen atoms in total. The summed E-state index contributed by atoms with van der Waals surface area (Å²) in [6.45, 7) is 4.12. The van der Waals surface area contributed by atoms with Crippen molar-refractivity contribution >= 4 is 35.1 Å². The molecule has 0 saturated heterocycles. The highest BCUT2D eigenvalue weighted by atomic mass is 16.6. The van der Waals surface area contributed by atoms with E-state index in [9.17, 15) is 34.4 Å².